The SMILES string of the molecule is CCNC(CN(C)CCS(C)(=O)=O)c1ccccc1. The molecule has 0 heterocycles. The highest BCUT2D eigenvalue weighted by Gasteiger charge is 2.13. The molecule has 1 N–H and O–H groups in total. The molecule has 0 amide bonds. The van der Waals surface area contributed by atoms with Gasteiger partial charge in [-0.25, -0.2) is 8.42 Å². The molecular weight excluding hydrogens is 260 g/mol. The van der Waals surface area contributed by atoms with Crippen molar-refractivity contribution in [1.82, 2.24) is 10.2 Å². The fraction of sp³-hybridized carbons (Fsp3) is 0.571. The predicted octanol–water partition coefficient (Wildman–Crippen LogP) is 1.31. The molecule has 19 heavy (non-hydrogen) atoms. The quantitative estimate of drug-likeness (QED) is 0.782. The van der Waals surface area contributed by atoms with Gasteiger partial charge in [-0.2, -0.15) is 0 Å². The minimum absolute atomic E-state index is 0.205. The number of hydrogen-bond donors (Lipinski definition) is 1. The first-order valence-electron chi connectivity index (χ1n) is 6.57. The highest BCUT2D eigenvalue weighted by atomic mass is 32.2. The summed E-state index contributed by atoms with van der Waals surface area (Å²) in [5, 5.41) is 3.44. The third-order valence-corrected chi connectivity index (χ3v) is 3.91. The molecule has 1 unspecified atom stereocenters. The minimum atomic E-state index is -2.89. The van der Waals surface area contributed by atoms with Crippen LogP contribution in [0.15, 0.2) is 30.3 Å². The highest BCUT2D eigenvalue weighted by Crippen LogP contribution is 2.13. The first kappa shape index (κ1) is 16.1. The molecule has 0 radical (unpaired) electrons. The maximum atomic E-state index is 11.2. The summed E-state index contributed by atoms with van der Waals surface area (Å²) < 4.78 is 22.3. The van der Waals surface area contributed by atoms with Gasteiger partial charge in [0, 0.05) is 25.4 Å². The van der Waals surface area contributed by atoms with E-state index in [1.807, 2.05) is 25.2 Å². The van der Waals surface area contributed by atoms with E-state index in [9.17, 15) is 8.42 Å². The molecule has 0 bridgehead atoms. The van der Waals surface area contributed by atoms with E-state index in [1.165, 1.54) is 11.8 Å². The summed E-state index contributed by atoms with van der Waals surface area (Å²) in [6.45, 7) is 4.33. The molecule has 0 fully saturated rings. The molecule has 0 saturated carbocycles. The lowest BCUT2D eigenvalue weighted by molar-refractivity contribution is 0.306. The van der Waals surface area contributed by atoms with Gasteiger partial charge in [-0.15, -0.1) is 0 Å². The van der Waals surface area contributed by atoms with Crippen LogP contribution in [0.1, 0.15) is 18.5 Å². The lowest BCUT2D eigenvalue weighted by Crippen LogP contribution is -2.35. The van der Waals surface area contributed by atoms with Gasteiger partial charge in [0.05, 0.1) is 5.75 Å². The Morgan fingerprint density at radius 3 is 2.42 bits per heavy atom. The van der Waals surface area contributed by atoms with Gasteiger partial charge in [-0.1, -0.05) is 37.3 Å². The van der Waals surface area contributed by atoms with Crippen LogP contribution in [0.3, 0.4) is 0 Å². The van der Waals surface area contributed by atoms with Gasteiger partial charge in [0.1, 0.15) is 9.84 Å². The van der Waals surface area contributed by atoms with Crippen molar-refractivity contribution in [3.63, 3.8) is 0 Å². The maximum Gasteiger partial charge on any atom is 0.148 e. The number of likely N-dealkylation sites (N-methyl/N-ethyl adjacent to an activating group) is 2. The number of nitrogens with one attached hydrogen (secondary N) is 1. The lowest BCUT2D eigenvalue weighted by Gasteiger charge is -2.25. The lowest BCUT2D eigenvalue weighted by atomic mass is 10.1. The molecule has 1 aromatic carbocycles. The Labute approximate surface area is 116 Å². The zero-order valence-electron chi connectivity index (χ0n) is 12.0. The van der Waals surface area contributed by atoms with Crippen LogP contribution in [-0.4, -0.2) is 52.0 Å². The fourth-order valence-electron chi connectivity index (χ4n) is 1.94. The van der Waals surface area contributed by atoms with Gasteiger partial charge in [0.25, 0.3) is 0 Å². The van der Waals surface area contributed by atoms with E-state index in [2.05, 4.69) is 29.3 Å². The molecule has 1 aromatic rings. The Balaban J connectivity index is 2.59. The average molecular weight is 284 g/mol. The second-order valence-corrected chi connectivity index (χ2v) is 7.17. The van der Waals surface area contributed by atoms with Gasteiger partial charge in [-0.05, 0) is 19.2 Å². The summed E-state index contributed by atoms with van der Waals surface area (Å²) in [6.07, 6.45) is 1.28. The monoisotopic (exact) mass is 284 g/mol. The summed E-state index contributed by atoms with van der Waals surface area (Å²) in [5.41, 5.74) is 1.23. The van der Waals surface area contributed by atoms with Crippen molar-refractivity contribution in [1.29, 1.82) is 0 Å². The van der Waals surface area contributed by atoms with Crippen LogP contribution < -0.4 is 5.32 Å². The van der Waals surface area contributed by atoms with Crippen molar-refractivity contribution in [3.05, 3.63) is 35.9 Å². The molecule has 0 spiro atoms. The van der Waals surface area contributed by atoms with Crippen LogP contribution in [0.5, 0.6) is 0 Å². The first-order chi connectivity index (χ1) is 8.92. The number of benzene rings is 1. The molecular formula is C14H24N2O2S. The third kappa shape index (κ3) is 6.71. The number of rotatable bonds is 8. The number of hydrogen-bond acceptors (Lipinski definition) is 4. The van der Waals surface area contributed by atoms with E-state index >= 15 is 0 Å². The first-order valence-corrected chi connectivity index (χ1v) is 8.63. The Morgan fingerprint density at radius 2 is 1.89 bits per heavy atom. The third-order valence-electron chi connectivity index (χ3n) is 2.99. The van der Waals surface area contributed by atoms with E-state index in [4.69, 9.17) is 0 Å². The van der Waals surface area contributed by atoms with E-state index < -0.39 is 9.84 Å². The van der Waals surface area contributed by atoms with Crippen molar-refractivity contribution in [2.45, 2.75) is 13.0 Å². The second kappa shape index (κ2) is 7.62. The van der Waals surface area contributed by atoms with Crippen LogP contribution in [0.4, 0.5) is 0 Å². The van der Waals surface area contributed by atoms with E-state index in [0.717, 1.165) is 13.1 Å². The van der Waals surface area contributed by atoms with Crippen LogP contribution in [0.2, 0.25) is 0 Å². The Hall–Kier alpha value is -0.910. The summed E-state index contributed by atoms with van der Waals surface area (Å²) in [7, 11) is -0.937. The topological polar surface area (TPSA) is 49.4 Å². The molecule has 0 saturated heterocycles. The molecule has 5 heteroatoms. The molecule has 1 rings (SSSR count). The Kier molecular flexibility index (Phi) is 6.48. The van der Waals surface area contributed by atoms with Crippen molar-refractivity contribution in [2.75, 3.05) is 38.7 Å². The summed E-state index contributed by atoms with van der Waals surface area (Å²) in [5.74, 6) is 0.205. The van der Waals surface area contributed by atoms with Gasteiger partial charge >= 0.3 is 0 Å². The van der Waals surface area contributed by atoms with Crippen molar-refractivity contribution < 1.29 is 8.42 Å². The predicted molar refractivity (Wildman–Crippen MR) is 80.1 cm³/mol. The van der Waals surface area contributed by atoms with Crippen LogP contribution in [0.25, 0.3) is 0 Å². The standard InChI is InChI=1S/C14H24N2O2S/c1-4-15-14(13-8-6-5-7-9-13)12-16(2)10-11-19(3,17)18/h5-9,14-15H,4,10-12H2,1-3H3. The fourth-order valence-corrected chi connectivity index (χ4v) is 2.59. The van der Waals surface area contributed by atoms with Crippen LogP contribution in [-0.2, 0) is 9.84 Å². The van der Waals surface area contributed by atoms with Gasteiger partial charge in [0.2, 0.25) is 0 Å². The average Bonchev–Trinajstić information content (AvgIpc) is 2.36. The molecule has 4 nitrogen and oxygen atoms in total. The second-order valence-electron chi connectivity index (χ2n) is 4.91. The van der Waals surface area contributed by atoms with Crippen molar-refractivity contribution >= 4 is 9.84 Å². The van der Waals surface area contributed by atoms with Gasteiger partial charge < -0.3 is 10.2 Å². The van der Waals surface area contributed by atoms with E-state index in [0.29, 0.717) is 6.54 Å². The number of nitrogens with zero attached hydrogens (tertiary/aromatic N) is 1. The normalized spacial score (nSPS) is 13.7. The zero-order chi connectivity index (χ0) is 14.3. The van der Waals surface area contributed by atoms with Crippen molar-refractivity contribution in [3.8, 4) is 0 Å². The minimum Gasteiger partial charge on any atom is -0.309 e. The largest absolute Gasteiger partial charge is 0.309 e. The van der Waals surface area contributed by atoms with Crippen LogP contribution in [0, 0.1) is 0 Å². The number of sulfone groups is 1. The molecule has 0 aromatic heterocycles. The molecule has 1 atom stereocenters. The maximum absolute atomic E-state index is 11.2. The smallest absolute Gasteiger partial charge is 0.148 e. The molecule has 0 aliphatic rings. The Morgan fingerprint density at radius 1 is 1.26 bits per heavy atom. The summed E-state index contributed by atoms with van der Waals surface area (Å²) >= 11 is 0. The van der Waals surface area contributed by atoms with Gasteiger partial charge in [-0.3, -0.25) is 0 Å². The summed E-state index contributed by atoms with van der Waals surface area (Å²) in [4.78, 5) is 2.06. The Bertz CT molecular complexity index is 460. The molecule has 0 aliphatic heterocycles. The van der Waals surface area contributed by atoms with E-state index in [1.54, 1.807) is 0 Å². The van der Waals surface area contributed by atoms with Gasteiger partial charge in [0.15, 0.2) is 0 Å². The highest BCUT2D eigenvalue weighted by molar-refractivity contribution is 7.90. The molecule has 0 aliphatic carbocycles. The van der Waals surface area contributed by atoms with E-state index in [-0.39, 0.29) is 11.8 Å². The molecule has 108 valence electrons. The van der Waals surface area contributed by atoms with Crippen LogP contribution >= 0.6 is 0 Å². The summed E-state index contributed by atoms with van der Waals surface area (Å²) in [6, 6.07) is 10.5. The van der Waals surface area contributed by atoms with Crippen molar-refractivity contribution in [2.24, 2.45) is 0 Å². The zero-order valence-corrected chi connectivity index (χ0v) is 12.8.